The van der Waals surface area contributed by atoms with Crippen LogP contribution < -0.4 is 5.73 Å². The van der Waals surface area contributed by atoms with Crippen LogP contribution in [0.25, 0.3) is 0 Å². The van der Waals surface area contributed by atoms with E-state index in [0.29, 0.717) is 21.3 Å². The maximum atomic E-state index is 8.95. The molecular weight excluding hydrogens is 219 g/mol. The second kappa shape index (κ2) is 3.68. The van der Waals surface area contributed by atoms with Crippen molar-refractivity contribution in [3.8, 4) is 6.07 Å². The molecule has 0 spiro atoms. The Balaban J connectivity index is 3.38. The van der Waals surface area contributed by atoms with E-state index < -0.39 is 5.41 Å². The molecule has 0 fully saturated rings. The summed E-state index contributed by atoms with van der Waals surface area (Å²) in [5.41, 5.74) is 6.04. The van der Waals surface area contributed by atoms with Crippen LogP contribution in [-0.4, -0.2) is 0 Å². The quantitative estimate of drug-likeness (QED) is 0.750. The van der Waals surface area contributed by atoms with Crippen LogP contribution in [-0.2, 0) is 5.41 Å². The van der Waals surface area contributed by atoms with Crippen LogP contribution in [0.1, 0.15) is 19.4 Å². The van der Waals surface area contributed by atoms with Crippen molar-refractivity contribution in [2.75, 3.05) is 5.73 Å². The van der Waals surface area contributed by atoms with Gasteiger partial charge in [0.15, 0.2) is 0 Å². The van der Waals surface area contributed by atoms with E-state index in [9.17, 15) is 0 Å². The van der Waals surface area contributed by atoms with E-state index >= 15 is 0 Å². The highest BCUT2D eigenvalue weighted by molar-refractivity contribution is 6.35. The molecule has 0 amide bonds. The number of rotatable bonds is 1. The van der Waals surface area contributed by atoms with Gasteiger partial charge in [-0.3, -0.25) is 0 Å². The second-order valence-corrected chi connectivity index (χ2v) is 4.40. The van der Waals surface area contributed by atoms with E-state index in [0.717, 1.165) is 0 Å². The van der Waals surface area contributed by atoms with Crippen LogP contribution in [0.3, 0.4) is 0 Å². The van der Waals surface area contributed by atoms with Gasteiger partial charge in [-0.1, -0.05) is 23.2 Å². The predicted octanol–water partition coefficient (Wildman–Crippen LogP) is 3.38. The van der Waals surface area contributed by atoms with Crippen molar-refractivity contribution in [1.82, 2.24) is 0 Å². The standard InChI is InChI=1S/C10H10Cl2N2/c1-10(2,5-13)6-3-8(12)9(14)4-7(6)11/h3-4H,14H2,1-2H3. The fourth-order valence-electron chi connectivity index (χ4n) is 1.10. The molecule has 74 valence electrons. The molecule has 2 N–H and O–H groups in total. The summed E-state index contributed by atoms with van der Waals surface area (Å²) in [5, 5.41) is 9.84. The molecule has 0 atom stereocenters. The number of hydrogen-bond donors (Lipinski definition) is 1. The highest BCUT2D eigenvalue weighted by Gasteiger charge is 2.23. The van der Waals surface area contributed by atoms with E-state index in [2.05, 4.69) is 6.07 Å². The van der Waals surface area contributed by atoms with Gasteiger partial charge in [-0.15, -0.1) is 0 Å². The molecule has 1 rings (SSSR count). The van der Waals surface area contributed by atoms with Gasteiger partial charge in [-0.25, -0.2) is 0 Å². The molecule has 0 aliphatic rings. The molecule has 1 aromatic rings. The molecule has 0 aliphatic heterocycles. The van der Waals surface area contributed by atoms with Gasteiger partial charge < -0.3 is 5.73 Å². The largest absolute Gasteiger partial charge is 0.397 e. The summed E-state index contributed by atoms with van der Waals surface area (Å²) < 4.78 is 0. The summed E-state index contributed by atoms with van der Waals surface area (Å²) in [6.45, 7) is 3.56. The third kappa shape index (κ3) is 1.95. The number of anilines is 1. The zero-order valence-electron chi connectivity index (χ0n) is 7.94. The number of hydrogen-bond acceptors (Lipinski definition) is 2. The summed E-state index contributed by atoms with van der Waals surface area (Å²) in [5.74, 6) is 0. The molecule has 2 nitrogen and oxygen atoms in total. The van der Waals surface area contributed by atoms with E-state index in [1.165, 1.54) is 0 Å². The molecule has 0 saturated heterocycles. The fourth-order valence-corrected chi connectivity index (χ4v) is 1.67. The van der Waals surface area contributed by atoms with Crippen molar-refractivity contribution in [1.29, 1.82) is 5.26 Å². The average Bonchev–Trinajstić information content (AvgIpc) is 2.11. The van der Waals surface area contributed by atoms with Crippen LogP contribution in [0.4, 0.5) is 5.69 Å². The Kier molecular flexibility index (Phi) is 2.94. The first-order valence-corrected chi connectivity index (χ1v) is 4.80. The molecule has 1 aromatic carbocycles. The highest BCUT2D eigenvalue weighted by atomic mass is 35.5. The lowest BCUT2D eigenvalue weighted by Crippen LogP contribution is -2.14. The second-order valence-electron chi connectivity index (χ2n) is 3.59. The van der Waals surface area contributed by atoms with E-state index in [1.54, 1.807) is 26.0 Å². The fraction of sp³-hybridized carbons (Fsp3) is 0.300. The molecule has 0 heterocycles. The van der Waals surface area contributed by atoms with Crippen molar-refractivity contribution >= 4 is 28.9 Å². The van der Waals surface area contributed by atoms with Gasteiger partial charge >= 0.3 is 0 Å². The molecule has 0 aromatic heterocycles. The van der Waals surface area contributed by atoms with Gasteiger partial charge in [0.2, 0.25) is 0 Å². The van der Waals surface area contributed by atoms with Crippen LogP contribution in [0.2, 0.25) is 10.0 Å². The maximum Gasteiger partial charge on any atom is 0.0781 e. The molecular formula is C10H10Cl2N2. The van der Waals surface area contributed by atoms with Crippen molar-refractivity contribution in [3.63, 3.8) is 0 Å². The van der Waals surface area contributed by atoms with Crippen LogP contribution in [0, 0.1) is 11.3 Å². The zero-order valence-corrected chi connectivity index (χ0v) is 9.45. The van der Waals surface area contributed by atoms with Crippen molar-refractivity contribution < 1.29 is 0 Å². The normalized spacial score (nSPS) is 11.1. The molecule has 14 heavy (non-hydrogen) atoms. The van der Waals surface area contributed by atoms with Crippen LogP contribution >= 0.6 is 23.2 Å². The summed E-state index contributed by atoms with van der Waals surface area (Å²) >= 11 is 11.8. The van der Waals surface area contributed by atoms with Crippen LogP contribution in [0.5, 0.6) is 0 Å². The molecule has 0 saturated carbocycles. The van der Waals surface area contributed by atoms with Crippen molar-refractivity contribution in [2.24, 2.45) is 0 Å². The Hall–Kier alpha value is -0.910. The molecule has 0 aliphatic carbocycles. The van der Waals surface area contributed by atoms with Crippen LogP contribution in [0.15, 0.2) is 12.1 Å². The number of benzene rings is 1. The first kappa shape index (κ1) is 11.2. The third-order valence-corrected chi connectivity index (χ3v) is 2.68. The molecule has 0 unspecified atom stereocenters. The number of halogens is 2. The van der Waals surface area contributed by atoms with Gasteiger partial charge in [0.05, 0.1) is 22.2 Å². The van der Waals surface area contributed by atoms with Crippen molar-refractivity contribution in [3.05, 3.63) is 27.7 Å². The van der Waals surface area contributed by atoms with E-state index in [4.69, 9.17) is 34.2 Å². The zero-order chi connectivity index (χ0) is 10.9. The monoisotopic (exact) mass is 228 g/mol. The van der Waals surface area contributed by atoms with Gasteiger partial charge in [-0.05, 0) is 31.5 Å². The topological polar surface area (TPSA) is 49.8 Å². The lowest BCUT2D eigenvalue weighted by molar-refractivity contribution is 0.687. The number of nitriles is 1. The Bertz CT molecular complexity index is 405. The summed E-state index contributed by atoms with van der Waals surface area (Å²) in [6.07, 6.45) is 0. The average molecular weight is 229 g/mol. The lowest BCUT2D eigenvalue weighted by Gasteiger charge is -2.18. The minimum atomic E-state index is -0.658. The smallest absolute Gasteiger partial charge is 0.0781 e. The summed E-state index contributed by atoms with van der Waals surface area (Å²) in [7, 11) is 0. The SMILES string of the molecule is CC(C)(C#N)c1cc(Cl)c(N)cc1Cl. The predicted molar refractivity (Wildman–Crippen MR) is 59.5 cm³/mol. The first-order valence-electron chi connectivity index (χ1n) is 4.04. The number of nitrogens with zero attached hydrogens (tertiary/aromatic N) is 1. The van der Waals surface area contributed by atoms with Gasteiger partial charge in [0, 0.05) is 5.02 Å². The third-order valence-electron chi connectivity index (χ3n) is 2.04. The molecule has 0 radical (unpaired) electrons. The van der Waals surface area contributed by atoms with E-state index in [1.807, 2.05) is 0 Å². The van der Waals surface area contributed by atoms with E-state index in [-0.39, 0.29) is 0 Å². The van der Waals surface area contributed by atoms with Gasteiger partial charge in [0.25, 0.3) is 0 Å². The maximum absolute atomic E-state index is 8.95. The lowest BCUT2D eigenvalue weighted by atomic mass is 9.86. The Morgan fingerprint density at radius 1 is 1.29 bits per heavy atom. The van der Waals surface area contributed by atoms with Gasteiger partial charge in [-0.2, -0.15) is 5.26 Å². The number of nitrogen functional groups attached to an aromatic ring is 1. The molecule has 4 heteroatoms. The summed E-state index contributed by atoms with van der Waals surface area (Å²) in [4.78, 5) is 0. The Morgan fingerprint density at radius 3 is 2.36 bits per heavy atom. The van der Waals surface area contributed by atoms with Crippen molar-refractivity contribution in [2.45, 2.75) is 19.3 Å². The minimum absolute atomic E-state index is 0.424. The molecule has 0 bridgehead atoms. The van der Waals surface area contributed by atoms with Gasteiger partial charge in [0.1, 0.15) is 0 Å². The minimum Gasteiger partial charge on any atom is -0.397 e. The highest BCUT2D eigenvalue weighted by Crippen LogP contribution is 2.34. The summed E-state index contributed by atoms with van der Waals surface area (Å²) in [6, 6.07) is 5.37. The first-order chi connectivity index (χ1) is 6.38. The Labute approximate surface area is 93.2 Å². The Morgan fingerprint density at radius 2 is 1.86 bits per heavy atom. The number of nitrogens with two attached hydrogens (primary N) is 1.